The van der Waals surface area contributed by atoms with E-state index in [1.54, 1.807) is 18.5 Å². The lowest BCUT2D eigenvalue weighted by Crippen LogP contribution is -2.42. The molecular weight excluding hydrogens is 501 g/mol. The predicted octanol–water partition coefficient (Wildman–Crippen LogP) is 6.69. The highest BCUT2D eigenvalue weighted by Gasteiger charge is 2.30. The molecule has 1 N–H and O–H groups in total. The monoisotopic (exact) mass is 536 g/mol. The second kappa shape index (κ2) is 12.5. The van der Waals surface area contributed by atoms with Crippen LogP contribution >= 0.6 is 0 Å². The first-order chi connectivity index (χ1) is 18.6. The third-order valence-corrected chi connectivity index (χ3v) is 7.27. The number of benzene rings is 2. The average Bonchev–Trinajstić information content (AvgIpc) is 2.95. The van der Waals surface area contributed by atoms with Crippen LogP contribution in [-0.2, 0) is 17.5 Å². The van der Waals surface area contributed by atoms with Gasteiger partial charge in [0.2, 0.25) is 5.91 Å². The van der Waals surface area contributed by atoms with Crippen molar-refractivity contribution >= 4 is 23.4 Å². The lowest BCUT2D eigenvalue weighted by Gasteiger charge is -2.36. The Kier molecular flexibility index (Phi) is 9.07. The van der Waals surface area contributed by atoms with Gasteiger partial charge in [0.1, 0.15) is 0 Å². The summed E-state index contributed by atoms with van der Waals surface area (Å²) in [5.74, 6) is -0.191. The first kappa shape index (κ1) is 28.4. The molecule has 0 bridgehead atoms. The number of anilines is 2. The van der Waals surface area contributed by atoms with E-state index in [2.05, 4.69) is 33.9 Å². The van der Waals surface area contributed by atoms with E-state index in [1.165, 1.54) is 12.1 Å². The van der Waals surface area contributed by atoms with Crippen LogP contribution in [0, 0.1) is 5.92 Å². The summed E-state index contributed by atoms with van der Waals surface area (Å²) >= 11 is 0. The number of rotatable bonds is 8. The maximum atomic E-state index is 13.5. The summed E-state index contributed by atoms with van der Waals surface area (Å²) in [6.07, 6.45) is 2.67. The fraction of sp³-hybridized carbons (Fsp3) is 0.355. The van der Waals surface area contributed by atoms with Crippen LogP contribution in [-0.4, -0.2) is 42.0 Å². The largest absolute Gasteiger partial charge is 0.416 e. The molecular formula is C31H35F3N4O. The predicted molar refractivity (Wildman–Crippen MR) is 149 cm³/mol. The van der Waals surface area contributed by atoms with E-state index in [4.69, 9.17) is 0 Å². The third-order valence-electron chi connectivity index (χ3n) is 7.27. The van der Waals surface area contributed by atoms with Gasteiger partial charge in [-0.1, -0.05) is 24.3 Å². The molecule has 2 aromatic carbocycles. The van der Waals surface area contributed by atoms with Crippen molar-refractivity contribution in [3.63, 3.8) is 0 Å². The number of nitrogens with one attached hydrogen (secondary N) is 1. The van der Waals surface area contributed by atoms with Crippen molar-refractivity contribution in [2.75, 3.05) is 25.0 Å². The van der Waals surface area contributed by atoms with Crippen molar-refractivity contribution in [3.05, 3.63) is 95.3 Å². The Morgan fingerprint density at radius 2 is 1.69 bits per heavy atom. The van der Waals surface area contributed by atoms with E-state index in [9.17, 15) is 18.0 Å². The quantitative estimate of drug-likeness (QED) is 0.326. The molecule has 8 heteroatoms. The van der Waals surface area contributed by atoms with Gasteiger partial charge in [0, 0.05) is 61.4 Å². The maximum Gasteiger partial charge on any atom is 0.416 e. The lowest BCUT2D eigenvalue weighted by molar-refractivity contribution is -0.137. The Balaban J connectivity index is 1.50. The second-order valence-corrected chi connectivity index (χ2v) is 10.3. The van der Waals surface area contributed by atoms with Gasteiger partial charge in [0.05, 0.1) is 5.56 Å². The molecule has 1 fully saturated rings. The van der Waals surface area contributed by atoms with Crippen LogP contribution in [0.15, 0.2) is 78.6 Å². The molecule has 206 valence electrons. The number of likely N-dealkylation sites (tertiary alicyclic amines) is 1. The van der Waals surface area contributed by atoms with E-state index in [-0.39, 0.29) is 11.8 Å². The number of aromatic nitrogens is 1. The molecule has 0 saturated carbocycles. The number of nitrogens with zero attached hydrogens (tertiary/aromatic N) is 3. The van der Waals surface area contributed by atoms with Gasteiger partial charge in [0.15, 0.2) is 0 Å². The highest BCUT2D eigenvalue weighted by atomic mass is 19.4. The Labute approximate surface area is 228 Å². The molecule has 1 aliphatic heterocycles. The summed E-state index contributed by atoms with van der Waals surface area (Å²) in [5.41, 5.74) is 3.47. The molecule has 0 spiro atoms. The lowest BCUT2D eigenvalue weighted by atomic mass is 9.87. The number of pyridine rings is 1. The number of alkyl halides is 3. The Hall–Kier alpha value is -3.65. The fourth-order valence-electron chi connectivity index (χ4n) is 4.88. The number of hydrogen-bond donors (Lipinski definition) is 1. The minimum Gasteiger partial charge on any atom is -0.348 e. The fourth-order valence-corrected chi connectivity index (χ4v) is 4.88. The molecule has 0 radical (unpaired) electrons. The molecule has 3 aromatic rings. The number of carbonyl (C=O) groups is 1. The molecule has 1 atom stereocenters. The van der Waals surface area contributed by atoms with Gasteiger partial charge in [-0.15, -0.1) is 0 Å². The van der Waals surface area contributed by atoms with Gasteiger partial charge in [-0.05, 0) is 86.8 Å². The van der Waals surface area contributed by atoms with Crippen molar-refractivity contribution in [2.45, 2.75) is 45.5 Å². The van der Waals surface area contributed by atoms with Crippen LogP contribution in [0.2, 0.25) is 0 Å². The normalized spacial score (nSPS) is 16.8. The van der Waals surface area contributed by atoms with Crippen LogP contribution in [0.3, 0.4) is 0 Å². The molecule has 2 heterocycles. The molecule has 0 unspecified atom stereocenters. The minimum absolute atomic E-state index is 0.000157. The SMILES string of the molecule is CC(C)N1CCC[C@@H](C(=Cc2ccc(C(F)(F)F)cc2)C(=O)NCc2ccc(N(C)c3ccncc3)cc2)C1. The van der Waals surface area contributed by atoms with Crippen LogP contribution in [0.1, 0.15) is 43.4 Å². The molecule has 1 aliphatic rings. The van der Waals surface area contributed by atoms with Gasteiger partial charge >= 0.3 is 6.18 Å². The summed E-state index contributed by atoms with van der Waals surface area (Å²) in [6.45, 7) is 6.34. The van der Waals surface area contributed by atoms with Gasteiger partial charge in [-0.25, -0.2) is 0 Å². The Morgan fingerprint density at radius 1 is 1.05 bits per heavy atom. The van der Waals surface area contributed by atoms with E-state index >= 15 is 0 Å². The Morgan fingerprint density at radius 3 is 2.31 bits per heavy atom. The average molecular weight is 537 g/mol. The van der Waals surface area contributed by atoms with Crippen LogP contribution in [0.25, 0.3) is 6.08 Å². The summed E-state index contributed by atoms with van der Waals surface area (Å²) < 4.78 is 39.1. The highest BCUT2D eigenvalue weighted by Crippen LogP contribution is 2.31. The van der Waals surface area contributed by atoms with E-state index in [0.717, 1.165) is 55.0 Å². The maximum absolute atomic E-state index is 13.5. The van der Waals surface area contributed by atoms with E-state index in [1.807, 2.05) is 43.4 Å². The standard InChI is InChI=1S/C31H35F3N4O/c1-22(2)38-18-4-5-25(21-38)29(19-23-6-10-26(11-7-23)31(32,33)34)30(39)36-20-24-8-12-27(13-9-24)37(3)28-14-16-35-17-15-28/h6-17,19,22,25H,4-5,18,20-21H2,1-3H3,(H,36,39)/t25-/m1/s1. The van der Waals surface area contributed by atoms with Gasteiger partial charge in [-0.2, -0.15) is 13.2 Å². The molecule has 4 rings (SSSR count). The number of amides is 1. The molecule has 1 aromatic heterocycles. The van der Waals surface area contributed by atoms with Crippen molar-refractivity contribution in [2.24, 2.45) is 5.92 Å². The van der Waals surface area contributed by atoms with E-state index < -0.39 is 11.7 Å². The molecule has 0 aliphatic carbocycles. The minimum atomic E-state index is -4.40. The first-order valence-corrected chi connectivity index (χ1v) is 13.3. The smallest absolute Gasteiger partial charge is 0.348 e. The van der Waals surface area contributed by atoms with Gasteiger partial charge < -0.3 is 15.1 Å². The van der Waals surface area contributed by atoms with Crippen LogP contribution in [0.4, 0.5) is 24.5 Å². The van der Waals surface area contributed by atoms with Crippen molar-refractivity contribution < 1.29 is 18.0 Å². The van der Waals surface area contributed by atoms with Gasteiger partial charge in [-0.3, -0.25) is 9.78 Å². The number of piperidine rings is 1. The molecule has 1 saturated heterocycles. The van der Waals surface area contributed by atoms with Gasteiger partial charge in [0.25, 0.3) is 0 Å². The zero-order valence-electron chi connectivity index (χ0n) is 22.6. The summed E-state index contributed by atoms with van der Waals surface area (Å²) in [4.78, 5) is 21.9. The van der Waals surface area contributed by atoms with Crippen LogP contribution in [0.5, 0.6) is 0 Å². The zero-order valence-corrected chi connectivity index (χ0v) is 22.6. The first-order valence-electron chi connectivity index (χ1n) is 13.3. The highest BCUT2D eigenvalue weighted by molar-refractivity contribution is 5.98. The Bertz CT molecular complexity index is 1260. The second-order valence-electron chi connectivity index (χ2n) is 10.3. The van der Waals surface area contributed by atoms with Crippen molar-refractivity contribution in [3.8, 4) is 0 Å². The van der Waals surface area contributed by atoms with Crippen molar-refractivity contribution in [1.82, 2.24) is 15.2 Å². The summed E-state index contributed by atoms with van der Waals surface area (Å²) in [5, 5.41) is 3.05. The molecule has 1 amide bonds. The van der Waals surface area contributed by atoms with E-state index in [0.29, 0.717) is 23.7 Å². The van der Waals surface area contributed by atoms with Crippen LogP contribution < -0.4 is 10.2 Å². The summed E-state index contributed by atoms with van der Waals surface area (Å²) in [7, 11) is 1.98. The summed E-state index contributed by atoms with van der Waals surface area (Å²) in [6, 6.07) is 17.2. The molecule has 39 heavy (non-hydrogen) atoms. The van der Waals surface area contributed by atoms with Crippen molar-refractivity contribution in [1.29, 1.82) is 0 Å². The zero-order chi connectivity index (χ0) is 28.0. The number of halogens is 3. The number of hydrogen-bond acceptors (Lipinski definition) is 4. The topological polar surface area (TPSA) is 48.5 Å². The number of carbonyl (C=O) groups excluding carboxylic acids is 1. The molecule has 5 nitrogen and oxygen atoms in total. The third kappa shape index (κ3) is 7.47.